The maximum absolute atomic E-state index is 5.08. The van der Waals surface area contributed by atoms with Crippen molar-refractivity contribution in [1.82, 2.24) is 4.90 Å². The lowest BCUT2D eigenvalue weighted by Gasteiger charge is -2.32. The molecule has 2 fully saturated rings. The van der Waals surface area contributed by atoms with Crippen molar-refractivity contribution in [3.8, 4) is 0 Å². The maximum atomic E-state index is 5.08. The Morgan fingerprint density at radius 1 is 1.33 bits per heavy atom. The van der Waals surface area contributed by atoms with E-state index in [1.165, 1.54) is 38.8 Å². The highest BCUT2D eigenvalue weighted by Gasteiger charge is 2.32. The average Bonchev–Trinajstić information content (AvgIpc) is 2.88. The highest BCUT2D eigenvalue weighted by atomic mass is 16.6. The summed E-state index contributed by atoms with van der Waals surface area (Å²) in [5, 5.41) is 0. The van der Waals surface area contributed by atoms with Crippen LogP contribution in [0.2, 0.25) is 0 Å². The molecule has 0 bridgehead atoms. The van der Waals surface area contributed by atoms with E-state index in [4.69, 9.17) is 10.7 Å². The fourth-order valence-electron chi connectivity index (χ4n) is 2.14. The number of rotatable bonds is 3. The van der Waals surface area contributed by atoms with E-state index < -0.39 is 0 Å². The molecule has 2 rings (SSSR count). The third kappa shape index (κ3) is 1.97. The minimum absolute atomic E-state index is 0.685. The highest BCUT2D eigenvalue weighted by molar-refractivity contribution is 4.87. The summed E-state index contributed by atoms with van der Waals surface area (Å²) < 4.78 is 0. The van der Waals surface area contributed by atoms with Gasteiger partial charge in [0.25, 0.3) is 0 Å². The van der Waals surface area contributed by atoms with Crippen molar-refractivity contribution in [3.05, 3.63) is 0 Å². The zero-order chi connectivity index (χ0) is 8.39. The minimum atomic E-state index is 0.685. The summed E-state index contributed by atoms with van der Waals surface area (Å²) in [4.78, 5) is 7.31. The summed E-state index contributed by atoms with van der Waals surface area (Å²) in [5.41, 5.74) is 0. The molecule has 1 aliphatic carbocycles. The second kappa shape index (κ2) is 3.73. The van der Waals surface area contributed by atoms with Crippen molar-refractivity contribution in [2.24, 2.45) is 11.8 Å². The molecule has 1 unspecified atom stereocenters. The Morgan fingerprint density at radius 3 is 2.83 bits per heavy atom. The van der Waals surface area contributed by atoms with Gasteiger partial charge in [0.1, 0.15) is 0 Å². The second-order valence-electron chi connectivity index (χ2n) is 4.07. The SMILES string of the molecule is NOCC1CCCN(C2CC2)C1. The fourth-order valence-corrected chi connectivity index (χ4v) is 2.14. The van der Waals surface area contributed by atoms with Crippen LogP contribution < -0.4 is 5.90 Å². The smallest absolute Gasteiger partial charge is 0.0719 e. The molecule has 1 atom stereocenters. The summed E-state index contributed by atoms with van der Waals surface area (Å²) in [7, 11) is 0. The van der Waals surface area contributed by atoms with Crippen molar-refractivity contribution in [2.45, 2.75) is 31.7 Å². The summed E-state index contributed by atoms with van der Waals surface area (Å²) in [6, 6.07) is 0.908. The Hall–Kier alpha value is -0.120. The van der Waals surface area contributed by atoms with Crippen molar-refractivity contribution in [1.29, 1.82) is 0 Å². The Kier molecular flexibility index (Phi) is 2.63. The molecule has 1 saturated heterocycles. The predicted octanol–water partition coefficient (Wildman–Crippen LogP) is 0.751. The van der Waals surface area contributed by atoms with E-state index in [0.717, 1.165) is 12.6 Å². The summed E-state index contributed by atoms with van der Waals surface area (Å²) >= 11 is 0. The lowest BCUT2D eigenvalue weighted by Crippen LogP contribution is -2.38. The summed E-state index contributed by atoms with van der Waals surface area (Å²) in [5.74, 6) is 5.76. The van der Waals surface area contributed by atoms with Gasteiger partial charge in [0.2, 0.25) is 0 Å². The van der Waals surface area contributed by atoms with E-state index in [-0.39, 0.29) is 0 Å². The van der Waals surface area contributed by atoms with Crippen LogP contribution in [-0.4, -0.2) is 30.6 Å². The van der Waals surface area contributed by atoms with Gasteiger partial charge in [-0.2, -0.15) is 0 Å². The van der Waals surface area contributed by atoms with Gasteiger partial charge in [-0.15, -0.1) is 0 Å². The van der Waals surface area contributed by atoms with Gasteiger partial charge in [-0.25, -0.2) is 5.90 Å². The van der Waals surface area contributed by atoms with Crippen LogP contribution in [0.3, 0.4) is 0 Å². The first kappa shape index (κ1) is 8.48. The largest absolute Gasteiger partial charge is 0.304 e. The molecular formula is C9H18N2O. The molecule has 0 radical (unpaired) electrons. The van der Waals surface area contributed by atoms with Gasteiger partial charge in [0, 0.05) is 12.6 Å². The first-order valence-corrected chi connectivity index (χ1v) is 4.96. The van der Waals surface area contributed by atoms with Gasteiger partial charge >= 0.3 is 0 Å². The van der Waals surface area contributed by atoms with Gasteiger partial charge in [0.05, 0.1) is 6.61 Å². The van der Waals surface area contributed by atoms with Crippen LogP contribution in [-0.2, 0) is 4.84 Å². The molecule has 2 aliphatic rings. The van der Waals surface area contributed by atoms with Crippen LogP contribution in [0.5, 0.6) is 0 Å². The molecule has 1 aliphatic heterocycles. The Morgan fingerprint density at radius 2 is 2.17 bits per heavy atom. The maximum Gasteiger partial charge on any atom is 0.0719 e. The molecule has 0 spiro atoms. The van der Waals surface area contributed by atoms with Crippen molar-refractivity contribution >= 4 is 0 Å². The molecule has 12 heavy (non-hydrogen) atoms. The summed E-state index contributed by atoms with van der Waals surface area (Å²) in [6.07, 6.45) is 5.44. The first-order valence-electron chi connectivity index (χ1n) is 4.96. The van der Waals surface area contributed by atoms with Gasteiger partial charge in [-0.3, -0.25) is 0 Å². The summed E-state index contributed by atoms with van der Waals surface area (Å²) in [6.45, 7) is 3.25. The van der Waals surface area contributed by atoms with Gasteiger partial charge in [-0.1, -0.05) is 0 Å². The van der Waals surface area contributed by atoms with E-state index in [1.54, 1.807) is 0 Å². The van der Waals surface area contributed by atoms with E-state index in [2.05, 4.69) is 4.90 Å². The molecule has 1 saturated carbocycles. The monoisotopic (exact) mass is 170 g/mol. The van der Waals surface area contributed by atoms with Crippen LogP contribution >= 0.6 is 0 Å². The van der Waals surface area contributed by atoms with Crippen molar-refractivity contribution < 1.29 is 4.84 Å². The lowest BCUT2D eigenvalue weighted by molar-refractivity contribution is 0.0584. The van der Waals surface area contributed by atoms with E-state index in [1.807, 2.05) is 0 Å². The molecular weight excluding hydrogens is 152 g/mol. The van der Waals surface area contributed by atoms with Gasteiger partial charge in [-0.05, 0) is 38.1 Å². The van der Waals surface area contributed by atoms with Crippen LogP contribution in [0.25, 0.3) is 0 Å². The number of nitrogens with zero attached hydrogens (tertiary/aromatic N) is 1. The van der Waals surface area contributed by atoms with Crippen LogP contribution in [0.1, 0.15) is 25.7 Å². The number of nitrogens with two attached hydrogens (primary N) is 1. The standard InChI is InChI=1S/C9H18N2O/c10-12-7-8-2-1-5-11(6-8)9-3-4-9/h8-9H,1-7,10H2. The Labute approximate surface area is 73.8 Å². The highest BCUT2D eigenvalue weighted by Crippen LogP contribution is 2.30. The number of piperidine rings is 1. The molecule has 70 valence electrons. The van der Waals surface area contributed by atoms with Gasteiger partial charge < -0.3 is 9.74 Å². The lowest BCUT2D eigenvalue weighted by atomic mass is 9.99. The minimum Gasteiger partial charge on any atom is -0.304 e. The average molecular weight is 170 g/mol. The quantitative estimate of drug-likeness (QED) is 0.635. The molecule has 0 aromatic carbocycles. The van der Waals surface area contributed by atoms with Crippen LogP contribution in [0.4, 0.5) is 0 Å². The number of hydrogen-bond acceptors (Lipinski definition) is 3. The van der Waals surface area contributed by atoms with Crippen molar-refractivity contribution in [2.75, 3.05) is 19.7 Å². The topological polar surface area (TPSA) is 38.5 Å². The molecule has 3 nitrogen and oxygen atoms in total. The van der Waals surface area contributed by atoms with Gasteiger partial charge in [0.15, 0.2) is 0 Å². The predicted molar refractivity (Wildman–Crippen MR) is 47.5 cm³/mol. The van der Waals surface area contributed by atoms with Crippen LogP contribution in [0, 0.1) is 5.92 Å². The molecule has 3 heteroatoms. The fraction of sp³-hybridized carbons (Fsp3) is 1.00. The zero-order valence-corrected chi connectivity index (χ0v) is 7.54. The Bertz CT molecular complexity index is 145. The molecule has 2 N–H and O–H groups in total. The van der Waals surface area contributed by atoms with Crippen LogP contribution in [0.15, 0.2) is 0 Å². The molecule has 1 heterocycles. The number of likely N-dealkylation sites (tertiary alicyclic amines) is 1. The number of hydrogen-bond donors (Lipinski definition) is 1. The first-order chi connectivity index (χ1) is 5.90. The Balaban J connectivity index is 1.77. The van der Waals surface area contributed by atoms with E-state index >= 15 is 0 Å². The molecule has 0 aromatic heterocycles. The molecule has 0 aromatic rings. The van der Waals surface area contributed by atoms with E-state index in [9.17, 15) is 0 Å². The van der Waals surface area contributed by atoms with E-state index in [0.29, 0.717) is 5.92 Å². The third-order valence-electron chi connectivity index (χ3n) is 2.95. The zero-order valence-electron chi connectivity index (χ0n) is 7.54. The normalized spacial score (nSPS) is 32.2. The second-order valence-corrected chi connectivity index (χ2v) is 4.07. The molecule has 0 amide bonds. The van der Waals surface area contributed by atoms with Crippen molar-refractivity contribution in [3.63, 3.8) is 0 Å². The third-order valence-corrected chi connectivity index (χ3v) is 2.95.